The highest BCUT2D eigenvalue weighted by Gasteiger charge is 2.30. The third kappa shape index (κ3) is 4.09. The van der Waals surface area contributed by atoms with E-state index in [1.54, 1.807) is 0 Å². The molecule has 1 aliphatic heterocycles. The lowest BCUT2D eigenvalue weighted by Crippen LogP contribution is -2.31. The summed E-state index contributed by atoms with van der Waals surface area (Å²) in [5.41, 5.74) is 1.24. The number of rotatable bonds is 7. The van der Waals surface area contributed by atoms with E-state index < -0.39 is 0 Å². The van der Waals surface area contributed by atoms with Crippen molar-refractivity contribution in [2.24, 2.45) is 0 Å². The molecule has 0 aliphatic carbocycles. The van der Waals surface area contributed by atoms with Crippen molar-refractivity contribution in [2.75, 3.05) is 17.7 Å². The van der Waals surface area contributed by atoms with Gasteiger partial charge in [-0.1, -0.05) is 37.7 Å². The fourth-order valence-corrected chi connectivity index (χ4v) is 3.64. The first-order valence-corrected chi connectivity index (χ1v) is 9.90. The maximum Gasteiger partial charge on any atom is 0.257 e. The standard InChI is InChI=1S/C19H23N3O3S/c1-3-9-25-13-7-5-12(6-8-13)14-11-15(23)20-17-16(14)18(24)22-19(21-17)26-10-4-2/h5-8,14H,3-4,9-11H2,1-2H3,(H2,20,21,22,23,24)/t14-/m1/s1. The molecule has 7 heteroatoms. The summed E-state index contributed by atoms with van der Waals surface area (Å²) in [5, 5.41) is 3.29. The Morgan fingerprint density at radius 2 is 1.96 bits per heavy atom. The third-order valence-electron chi connectivity index (χ3n) is 4.13. The Morgan fingerprint density at radius 3 is 2.65 bits per heavy atom. The Kier molecular flexibility index (Phi) is 5.98. The van der Waals surface area contributed by atoms with E-state index in [0.717, 1.165) is 29.9 Å². The molecular weight excluding hydrogens is 350 g/mol. The molecule has 0 saturated heterocycles. The summed E-state index contributed by atoms with van der Waals surface area (Å²) in [6, 6.07) is 7.59. The highest BCUT2D eigenvalue weighted by Crippen LogP contribution is 2.35. The molecule has 26 heavy (non-hydrogen) atoms. The molecule has 0 spiro atoms. The van der Waals surface area contributed by atoms with Crippen molar-refractivity contribution in [1.82, 2.24) is 9.97 Å². The lowest BCUT2D eigenvalue weighted by Gasteiger charge is -2.24. The Bertz CT molecular complexity index is 833. The minimum absolute atomic E-state index is 0.127. The number of hydrogen-bond donors (Lipinski definition) is 2. The molecule has 2 N–H and O–H groups in total. The number of carbonyl (C=O) groups is 1. The van der Waals surface area contributed by atoms with Crippen molar-refractivity contribution in [3.05, 3.63) is 45.7 Å². The zero-order valence-electron chi connectivity index (χ0n) is 15.0. The monoisotopic (exact) mass is 373 g/mol. The number of H-pyrrole nitrogens is 1. The van der Waals surface area contributed by atoms with E-state index in [-0.39, 0.29) is 23.8 Å². The Balaban J connectivity index is 1.93. The van der Waals surface area contributed by atoms with Gasteiger partial charge in [-0.2, -0.15) is 0 Å². The van der Waals surface area contributed by atoms with Gasteiger partial charge in [0.15, 0.2) is 5.16 Å². The highest BCUT2D eigenvalue weighted by atomic mass is 32.2. The van der Waals surface area contributed by atoms with Gasteiger partial charge in [-0.3, -0.25) is 9.59 Å². The average molecular weight is 373 g/mol. The van der Waals surface area contributed by atoms with Crippen LogP contribution in [0.4, 0.5) is 5.82 Å². The number of nitrogens with zero attached hydrogens (tertiary/aromatic N) is 1. The number of anilines is 1. The van der Waals surface area contributed by atoms with Crippen LogP contribution in [0.3, 0.4) is 0 Å². The number of hydrogen-bond acceptors (Lipinski definition) is 5. The van der Waals surface area contributed by atoms with E-state index >= 15 is 0 Å². The maximum absolute atomic E-state index is 12.7. The predicted octanol–water partition coefficient (Wildman–Crippen LogP) is 3.53. The first-order valence-electron chi connectivity index (χ1n) is 8.92. The van der Waals surface area contributed by atoms with Crippen molar-refractivity contribution in [2.45, 2.75) is 44.2 Å². The van der Waals surface area contributed by atoms with Crippen LogP contribution in [0.25, 0.3) is 0 Å². The quantitative estimate of drug-likeness (QED) is 0.573. The minimum atomic E-state index is -0.305. The zero-order valence-corrected chi connectivity index (χ0v) is 15.8. The normalized spacial score (nSPS) is 16.1. The van der Waals surface area contributed by atoms with E-state index in [9.17, 15) is 9.59 Å². The predicted molar refractivity (Wildman–Crippen MR) is 103 cm³/mol. The van der Waals surface area contributed by atoms with Gasteiger partial charge in [0, 0.05) is 18.1 Å². The van der Waals surface area contributed by atoms with E-state index in [2.05, 4.69) is 29.1 Å². The molecule has 1 amide bonds. The molecule has 0 bridgehead atoms. The zero-order chi connectivity index (χ0) is 18.5. The molecule has 0 unspecified atom stereocenters. The van der Waals surface area contributed by atoms with Crippen LogP contribution in [0, 0.1) is 0 Å². The summed E-state index contributed by atoms with van der Waals surface area (Å²) >= 11 is 1.48. The van der Waals surface area contributed by atoms with Crippen molar-refractivity contribution in [1.29, 1.82) is 0 Å². The summed E-state index contributed by atoms with van der Waals surface area (Å²) in [6.07, 6.45) is 2.15. The number of ether oxygens (including phenoxy) is 1. The molecule has 0 saturated carbocycles. The van der Waals surface area contributed by atoms with Gasteiger partial charge in [-0.15, -0.1) is 0 Å². The van der Waals surface area contributed by atoms with Gasteiger partial charge in [0.25, 0.3) is 5.56 Å². The second-order valence-electron chi connectivity index (χ2n) is 6.20. The average Bonchev–Trinajstić information content (AvgIpc) is 2.64. The molecule has 6 nitrogen and oxygen atoms in total. The van der Waals surface area contributed by atoms with Gasteiger partial charge < -0.3 is 15.0 Å². The molecule has 1 aromatic carbocycles. The first kappa shape index (κ1) is 18.5. The van der Waals surface area contributed by atoms with E-state index in [4.69, 9.17) is 4.74 Å². The molecule has 0 radical (unpaired) electrons. The van der Waals surface area contributed by atoms with E-state index in [0.29, 0.717) is 23.1 Å². The van der Waals surface area contributed by atoms with Gasteiger partial charge in [0.1, 0.15) is 11.6 Å². The molecule has 1 aliphatic rings. The number of fused-ring (bicyclic) bond motifs is 1. The smallest absolute Gasteiger partial charge is 0.257 e. The Morgan fingerprint density at radius 1 is 1.19 bits per heavy atom. The molecule has 0 fully saturated rings. The topological polar surface area (TPSA) is 84.1 Å². The number of benzene rings is 1. The van der Waals surface area contributed by atoms with Crippen molar-refractivity contribution >= 4 is 23.5 Å². The molecule has 2 heterocycles. The Labute approximate surface area is 156 Å². The minimum Gasteiger partial charge on any atom is -0.494 e. The molecular formula is C19H23N3O3S. The molecule has 3 rings (SSSR count). The number of aromatic amines is 1. The van der Waals surface area contributed by atoms with Crippen LogP contribution in [0.2, 0.25) is 0 Å². The summed E-state index contributed by atoms with van der Waals surface area (Å²) in [7, 11) is 0. The van der Waals surface area contributed by atoms with Crippen molar-refractivity contribution in [3.63, 3.8) is 0 Å². The number of thioether (sulfide) groups is 1. The maximum atomic E-state index is 12.7. The van der Waals surface area contributed by atoms with Crippen LogP contribution in [0.5, 0.6) is 5.75 Å². The number of carbonyl (C=O) groups excluding carboxylic acids is 1. The number of amides is 1. The summed E-state index contributed by atoms with van der Waals surface area (Å²) in [4.78, 5) is 32.1. The van der Waals surface area contributed by atoms with Crippen LogP contribution >= 0.6 is 11.8 Å². The third-order valence-corrected chi connectivity index (χ3v) is 5.21. The van der Waals surface area contributed by atoms with Crippen LogP contribution < -0.4 is 15.6 Å². The van der Waals surface area contributed by atoms with Gasteiger partial charge in [-0.25, -0.2) is 4.98 Å². The van der Waals surface area contributed by atoms with Gasteiger partial charge in [0.05, 0.1) is 12.2 Å². The van der Waals surface area contributed by atoms with Crippen molar-refractivity contribution in [3.8, 4) is 5.75 Å². The fourth-order valence-electron chi connectivity index (χ4n) is 2.92. The van der Waals surface area contributed by atoms with E-state index in [1.165, 1.54) is 11.8 Å². The summed E-state index contributed by atoms with van der Waals surface area (Å²) < 4.78 is 5.60. The molecule has 138 valence electrons. The number of nitrogens with one attached hydrogen (secondary N) is 2. The molecule has 1 atom stereocenters. The van der Waals surface area contributed by atoms with Crippen LogP contribution in [0.1, 0.15) is 50.2 Å². The summed E-state index contributed by atoms with van der Waals surface area (Å²) in [6.45, 7) is 4.78. The van der Waals surface area contributed by atoms with Gasteiger partial charge in [0.2, 0.25) is 5.91 Å². The fraction of sp³-hybridized carbons (Fsp3) is 0.421. The van der Waals surface area contributed by atoms with Gasteiger partial charge >= 0.3 is 0 Å². The summed E-state index contributed by atoms with van der Waals surface area (Å²) in [5.74, 6) is 1.59. The Hall–Kier alpha value is -2.28. The SMILES string of the molecule is CCCOc1ccc([C@H]2CC(=O)Nc3nc(SCCC)[nH]c(=O)c32)cc1. The van der Waals surface area contributed by atoms with Crippen molar-refractivity contribution < 1.29 is 9.53 Å². The van der Waals surface area contributed by atoms with Crippen LogP contribution in [-0.4, -0.2) is 28.2 Å². The molecule has 1 aromatic heterocycles. The second kappa shape index (κ2) is 8.40. The number of aromatic nitrogens is 2. The highest BCUT2D eigenvalue weighted by molar-refractivity contribution is 7.99. The van der Waals surface area contributed by atoms with Crippen LogP contribution in [-0.2, 0) is 4.79 Å². The van der Waals surface area contributed by atoms with E-state index in [1.807, 2.05) is 24.3 Å². The lowest BCUT2D eigenvalue weighted by molar-refractivity contribution is -0.116. The second-order valence-corrected chi connectivity index (χ2v) is 7.29. The largest absolute Gasteiger partial charge is 0.494 e. The van der Waals surface area contributed by atoms with Crippen LogP contribution in [0.15, 0.2) is 34.2 Å². The lowest BCUT2D eigenvalue weighted by atomic mass is 9.87. The molecule has 2 aromatic rings. The van der Waals surface area contributed by atoms with Gasteiger partial charge in [-0.05, 0) is 30.5 Å². The first-order chi connectivity index (χ1) is 12.6.